The first-order valence-corrected chi connectivity index (χ1v) is 8.33. The molecule has 1 aliphatic rings. The van der Waals surface area contributed by atoms with Gasteiger partial charge in [0, 0.05) is 31.5 Å². The number of aryl methyl sites for hydroxylation is 1. The van der Waals surface area contributed by atoms with Gasteiger partial charge in [-0.1, -0.05) is 33.6 Å². The molecule has 2 unspecified atom stereocenters. The van der Waals surface area contributed by atoms with Crippen LogP contribution in [0.1, 0.15) is 52.0 Å². The van der Waals surface area contributed by atoms with Gasteiger partial charge in [-0.05, 0) is 54.9 Å². The third-order valence-corrected chi connectivity index (χ3v) is 4.95. The molecule has 0 aromatic heterocycles. The first kappa shape index (κ1) is 16.2. The van der Waals surface area contributed by atoms with E-state index in [2.05, 4.69) is 70.2 Å². The highest BCUT2D eigenvalue weighted by Gasteiger charge is 2.34. The lowest BCUT2D eigenvalue weighted by Gasteiger charge is -2.41. The van der Waals surface area contributed by atoms with Crippen molar-refractivity contribution in [2.24, 2.45) is 11.3 Å². The van der Waals surface area contributed by atoms with Crippen LogP contribution < -0.4 is 10.2 Å². The fourth-order valence-corrected chi connectivity index (χ4v) is 3.63. The Balaban J connectivity index is 2.16. The predicted molar refractivity (Wildman–Crippen MR) is 94.3 cm³/mol. The van der Waals surface area contributed by atoms with E-state index in [0.717, 1.165) is 5.92 Å². The number of nitrogens with one attached hydrogen (secondary N) is 1. The van der Waals surface area contributed by atoms with Crippen LogP contribution >= 0.6 is 0 Å². The van der Waals surface area contributed by atoms with Crippen molar-refractivity contribution in [3.63, 3.8) is 0 Å². The molecule has 0 heterocycles. The van der Waals surface area contributed by atoms with Crippen molar-refractivity contribution in [1.82, 2.24) is 0 Å². The van der Waals surface area contributed by atoms with Crippen LogP contribution in [0.25, 0.3) is 0 Å². The van der Waals surface area contributed by atoms with Crippen LogP contribution in [0, 0.1) is 18.3 Å². The van der Waals surface area contributed by atoms with Gasteiger partial charge >= 0.3 is 0 Å². The molecule has 0 spiro atoms. The topological polar surface area (TPSA) is 15.3 Å². The maximum atomic E-state index is 3.85. The van der Waals surface area contributed by atoms with Crippen molar-refractivity contribution in [3.05, 3.63) is 23.8 Å². The summed E-state index contributed by atoms with van der Waals surface area (Å²) in [6.07, 6.45) is 5.41. The number of hydrogen-bond acceptors (Lipinski definition) is 2. The summed E-state index contributed by atoms with van der Waals surface area (Å²) in [6, 6.07) is 7.35. The minimum Gasteiger partial charge on any atom is -0.382 e. The van der Waals surface area contributed by atoms with Gasteiger partial charge in [0.15, 0.2) is 0 Å². The van der Waals surface area contributed by atoms with E-state index in [9.17, 15) is 0 Å². The molecule has 1 aromatic carbocycles. The molecule has 0 saturated heterocycles. The van der Waals surface area contributed by atoms with Crippen molar-refractivity contribution in [2.75, 3.05) is 24.3 Å². The molecule has 2 rings (SSSR count). The third-order valence-electron chi connectivity index (χ3n) is 4.95. The highest BCUT2D eigenvalue weighted by atomic mass is 15.1. The highest BCUT2D eigenvalue weighted by molar-refractivity contribution is 5.60. The molecule has 0 amide bonds. The zero-order valence-corrected chi connectivity index (χ0v) is 14.7. The molecule has 21 heavy (non-hydrogen) atoms. The van der Waals surface area contributed by atoms with E-state index in [1.165, 1.54) is 42.6 Å². The lowest BCUT2D eigenvalue weighted by Crippen LogP contribution is -2.39. The molecule has 1 aliphatic carbocycles. The van der Waals surface area contributed by atoms with E-state index in [-0.39, 0.29) is 0 Å². The predicted octanol–water partition coefficient (Wildman–Crippen LogP) is 5.08. The summed E-state index contributed by atoms with van der Waals surface area (Å²) in [5.74, 6) is 0.763. The average Bonchev–Trinajstić information content (AvgIpc) is 2.40. The summed E-state index contributed by atoms with van der Waals surface area (Å²) >= 11 is 0. The minimum atomic E-state index is 0.384. The van der Waals surface area contributed by atoms with Crippen LogP contribution in [0.4, 0.5) is 11.4 Å². The first-order valence-electron chi connectivity index (χ1n) is 8.33. The molecule has 2 nitrogen and oxygen atoms in total. The van der Waals surface area contributed by atoms with Gasteiger partial charge in [-0.2, -0.15) is 0 Å². The zero-order valence-electron chi connectivity index (χ0n) is 14.7. The second-order valence-electron chi connectivity index (χ2n) is 7.90. The Morgan fingerprint density at radius 3 is 2.33 bits per heavy atom. The molecule has 1 saturated carbocycles. The van der Waals surface area contributed by atoms with Gasteiger partial charge in [0.25, 0.3) is 0 Å². The fraction of sp³-hybridized carbons (Fsp3) is 0.684. The smallest absolute Gasteiger partial charge is 0.0373 e. The molecule has 0 aliphatic heterocycles. The van der Waals surface area contributed by atoms with E-state index < -0.39 is 0 Å². The van der Waals surface area contributed by atoms with Crippen LogP contribution in [0.3, 0.4) is 0 Å². The van der Waals surface area contributed by atoms with Crippen molar-refractivity contribution in [3.8, 4) is 0 Å². The summed E-state index contributed by atoms with van der Waals surface area (Å²) in [4.78, 5) is 2.16. The van der Waals surface area contributed by atoms with Crippen molar-refractivity contribution in [2.45, 2.75) is 59.4 Å². The summed E-state index contributed by atoms with van der Waals surface area (Å²) < 4.78 is 0. The van der Waals surface area contributed by atoms with E-state index in [0.29, 0.717) is 11.5 Å². The van der Waals surface area contributed by atoms with Crippen molar-refractivity contribution in [1.29, 1.82) is 0 Å². The van der Waals surface area contributed by atoms with Crippen LogP contribution in [-0.2, 0) is 0 Å². The highest BCUT2D eigenvalue weighted by Crippen LogP contribution is 2.39. The van der Waals surface area contributed by atoms with E-state index in [1.54, 1.807) is 0 Å². The molecule has 0 bridgehead atoms. The van der Waals surface area contributed by atoms with Gasteiger partial charge < -0.3 is 10.2 Å². The molecule has 1 aromatic rings. The standard InChI is InChI=1S/C19H32N2/c1-14-13-15(21(5)6)11-12-17(14)20-18-10-8-7-9-16(18)19(2,3)4/h11-13,16,18,20H,7-10H2,1-6H3. The normalized spacial score (nSPS) is 23.0. The number of benzene rings is 1. The Bertz CT molecular complexity index is 471. The average molecular weight is 288 g/mol. The first-order chi connectivity index (χ1) is 9.79. The van der Waals surface area contributed by atoms with Crippen LogP contribution in [-0.4, -0.2) is 20.1 Å². The molecule has 0 radical (unpaired) electrons. The largest absolute Gasteiger partial charge is 0.382 e. The van der Waals surface area contributed by atoms with E-state index in [4.69, 9.17) is 0 Å². The summed E-state index contributed by atoms with van der Waals surface area (Å²) in [5, 5.41) is 3.85. The van der Waals surface area contributed by atoms with Gasteiger partial charge in [0.05, 0.1) is 0 Å². The molecular formula is C19H32N2. The van der Waals surface area contributed by atoms with E-state index >= 15 is 0 Å². The van der Waals surface area contributed by atoms with Gasteiger partial charge in [-0.25, -0.2) is 0 Å². The fourth-order valence-electron chi connectivity index (χ4n) is 3.63. The Morgan fingerprint density at radius 2 is 1.76 bits per heavy atom. The van der Waals surface area contributed by atoms with E-state index in [1.807, 2.05) is 0 Å². The van der Waals surface area contributed by atoms with Gasteiger partial charge in [0.2, 0.25) is 0 Å². The maximum absolute atomic E-state index is 3.85. The Labute approximate surface area is 130 Å². The van der Waals surface area contributed by atoms with Gasteiger partial charge in [0.1, 0.15) is 0 Å². The molecule has 2 heteroatoms. The van der Waals surface area contributed by atoms with Crippen molar-refractivity contribution < 1.29 is 0 Å². The maximum Gasteiger partial charge on any atom is 0.0373 e. The number of rotatable bonds is 3. The monoisotopic (exact) mass is 288 g/mol. The zero-order chi connectivity index (χ0) is 15.6. The summed E-state index contributed by atoms with van der Waals surface area (Å²) in [5.41, 5.74) is 4.31. The van der Waals surface area contributed by atoms with Crippen LogP contribution in [0.5, 0.6) is 0 Å². The second-order valence-corrected chi connectivity index (χ2v) is 7.90. The lowest BCUT2D eigenvalue weighted by molar-refractivity contribution is 0.163. The number of hydrogen-bond donors (Lipinski definition) is 1. The number of nitrogens with zero attached hydrogens (tertiary/aromatic N) is 1. The summed E-state index contributed by atoms with van der Waals surface area (Å²) in [7, 11) is 4.19. The van der Waals surface area contributed by atoms with Crippen molar-refractivity contribution >= 4 is 11.4 Å². The van der Waals surface area contributed by atoms with Crippen LogP contribution in [0.2, 0.25) is 0 Å². The Kier molecular flexibility index (Phi) is 4.85. The van der Waals surface area contributed by atoms with Gasteiger partial charge in [-0.15, -0.1) is 0 Å². The summed E-state index contributed by atoms with van der Waals surface area (Å²) in [6.45, 7) is 9.38. The Hall–Kier alpha value is -1.18. The van der Waals surface area contributed by atoms with Crippen LogP contribution in [0.15, 0.2) is 18.2 Å². The lowest BCUT2D eigenvalue weighted by atomic mass is 9.69. The minimum absolute atomic E-state index is 0.384. The molecule has 2 atom stereocenters. The molecule has 1 N–H and O–H groups in total. The molecule has 1 fully saturated rings. The van der Waals surface area contributed by atoms with Gasteiger partial charge in [-0.3, -0.25) is 0 Å². The SMILES string of the molecule is Cc1cc(N(C)C)ccc1NC1CCCCC1C(C)(C)C. The molecular weight excluding hydrogens is 256 g/mol. The third kappa shape index (κ3) is 3.93. The second kappa shape index (κ2) is 6.29. The Morgan fingerprint density at radius 1 is 1.10 bits per heavy atom. The number of anilines is 2. The molecule has 118 valence electrons. The quantitative estimate of drug-likeness (QED) is 0.834.